The summed E-state index contributed by atoms with van der Waals surface area (Å²) in [7, 11) is 0. The first kappa shape index (κ1) is 23.2. The zero-order valence-corrected chi connectivity index (χ0v) is 15.7. The topological polar surface area (TPSA) is 214 Å². The van der Waals surface area contributed by atoms with E-state index in [2.05, 4.69) is 10.3 Å². The molecule has 13 heteroatoms. The summed E-state index contributed by atoms with van der Waals surface area (Å²) in [5.41, 5.74) is 0. The van der Waals surface area contributed by atoms with Crippen LogP contribution in [0.2, 0.25) is 0 Å². The molecule has 0 saturated carbocycles. The maximum atomic E-state index is 10.7. The molecule has 30 heavy (non-hydrogen) atoms. The van der Waals surface area contributed by atoms with Gasteiger partial charge in [-0.3, -0.25) is 0 Å². The molecule has 2 saturated heterocycles. The number of aliphatic hydroxyl groups is 8. The molecule has 0 aliphatic carbocycles. The Balaban J connectivity index is 1.76. The highest BCUT2D eigenvalue weighted by Gasteiger charge is 2.56. The number of nitrogens with zero attached hydrogens (tertiary/aromatic N) is 1. The van der Waals surface area contributed by atoms with Crippen molar-refractivity contribution in [2.45, 2.75) is 61.0 Å². The number of aliphatic hydroxyl groups excluding tert-OH is 7. The molecule has 2 fully saturated rings. The number of hydrogen-bond acceptors (Lipinski definition) is 13. The Hall–Kier alpha value is -1.49. The van der Waals surface area contributed by atoms with Crippen molar-refractivity contribution in [3.8, 4) is 0 Å². The van der Waals surface area contributed by atoms with Crippen LogP contribution in [0.25, 0.3) is 0 Å². The summed E-state index contributed by atoms with van der Waals surface area (Å²) in [5, 5.41) is 82.7. The summed E-state index contributed by atoms with van der Waals surface area (Å²) in [4.78, 5) is 3.92. The van der Waals surface area contributed by atoms with Gasteiger partial charge in [-0.05, 0) is 12.1 Å². The third kappa shape index (κ3) is 4.42. The minimum absolute atomic E-state index is 0.108. The molecule has 2 aliphatic rings. The van der Waals surface area contributed by atoms with Crippen LogP contribution in [0.3, 0.4) is 0 Å². The molecule has 9 N–H and O–H groups in total. The summed E-state index contributed by atoms with van der Waals surface area (Å²) in [5.74, 6) is -2.44. The molecule has 1 aromatic heterocycles. The van der Waals surface area contributed by atoms with E-state index in [4.69, 9.17) is 14.2 Å². The molecule has 3 heterocycles. The lowest BCUT2D eigenvalue weighted by atomic mass is 9.95. The van der Waals surface area contributed by atoms with E-state index in [1.54, 1.807) is 12.1 Å². The molecule has 3 rings (SSSR count). The molecule has 10 atom stereocenters. The summed E-state index contributed by atoms with van der Waals surface area (Å²) < 4.78 is 15.9. The van der Waals surface area contributed by atoms with E-state index >= 15 is 0 Å². The van der Waals surface area contributed by atoms with Crippen molar-refractivity contribution in [2.75, 3.05) is 18.5 Å². The van der Waals surface area contributed by atoms with E-state index in [-0.39, 0.29) is 5.82 Å². The number of pyridine rings is 1. The fraction of sp³-hybridized carbons (Fsp3) is 0.706. The van der Waals surface area contributed by atoms with Crippen LogP contribution >= 0.6 is 0 Å². The first-order valence-electron chi connectivity index (χ1n) is 9.24. The number of ether oxygens (including phenoxy) is 3. The van der Waals surface area contributed by atoms with Crippen molar-refractivity contribution < 1.29 is 55.1 Å². The second-order valence-electron chi connectivity index (χ2n) is 7.11. The van der Waals surface area contributed by atoms with Gasteiger partial charge in [0.15, 0.2) is 12.4 Å². The van der Waals surface area contributed by atoms with E-state index in [0.29, 0.717) is 0 Å². The standard InChI is InChI=1S/C17H26N2O11/c20-5-7-10(22)11(23)12(24)16(28-7)29-14-8(6-21)30-17(27,15(26)13(14)25)19-9-3-1-2-4-18-9/h1-4,7-8,10-16,20-27H,5-6H2,(H,18,19)/t7-,8-,10+,11+,12-,13+,14-,15-,16+,17?/m1/s1. The smallest absolute Gasteiger partial charge is 0.278 e. The second-order valence-corrected chi connectivity index (χ2v) is 7.11. The van der Waals surface area contributed by atoms with Crippen molar-refractivity contribution in [3.63, 3.8) is 0 Å². The Morgan fingerprint density at radius 2 is 1.67 bits per heavy atom. The van der Waals surface area contributed by atoms with Crippen LogP contribution in [0.4, 0.5) is 5.82 Å². The molecule has 1 unspecified atom stereocenters. The molecule has 2 aliphatic heterocycles. The predicted molar refractivity (Wildman–Crippen MR) is 95.4 cm³/mol. The summed E-state index contributed by atoms with van der Waals surface area (Å²) in [6.45, 7) is -1.48. The van der Waals surface area contributed by atoms with Gasteiger partial charge in [0.1, 0.15) is 48.5 Å². The molecule has 0 aromatic carbocycles. The first-order valence-corrected chi connectivity index (χ1v) is 9.24. The highest BCUT2D eigenvalue weighted by Crippen LogP contribution is 2.33. The lowest BCUT2D eigenvalue weighted by molar-refractivity contribution is -0.376. The van der Waals surface area contributed by atoms with Gasteiger partial charge in [0.05, 0.1) is 13.2 Å². The maximum Gasteiger partial charge on any atom is 0.278 e. The maximum absolute atomic E-state index is 10.7. The lowest BCUT2D eigenvalue weighted by Gasteiger charge is -2.48. The predicted octanol–water partition coefficient (Wildman–Crippen LogP) is -4.56. The fourth-order valence-electron chi connectivity index (χ4n) is 3.37. The van der Waals surface area contributed by atoms with E-state index < -0.39 is 74.2 Å². The summed E-state index contributed by atoms with van der Waals surface area (Å²) in [6, 6.07) is 4.67. The van der Waals surface area contributed by atoms with E-state index in [1.807, 2.05) is 0 Å². The van der Waals surface area contributed by atoms with Gasteiger partial charge < -0.3 is 60.4 Å². The lowest BCUT2D eigenvalue weighted by Crippen LogP contribution is -2.70. The van der Waals surface area contributed by atoms with E-state index in [9.17, 15) is 40.9 Å². The average molecular weight is 434 g/mol. The number of anilines is 1. The molecular weight excluding hydrogens is 408 g/mol. The van der Waals surface area contributed by atoms with Crippen molar-refractivity contribution in [1.29, 1.82) is 0 Å². The first-order chi connectivity index (χ1) is 14.2. The third-order valence-corrected chi connectivity index (χ3v) is 5.05. The van der Waals surface area contributed by atoms with Gasteiger partial charge in [-0.25, -0.2) is 4.98 Å². The van der Waals surface area contributed by atoms with Gasteiger partial charge in [-0.15, -0.1) is 0 Å². The average Bonchev–Trinajstić information content (AvgIpc) is 2.74. The molecule has 0 bridgehead atoms. The van der Waals surface area contributed by atoms with Crippen molar-refractivity contribution >= 4 is 5.82 Å². The summed E-state index contributed by atoms with van der Waals surface area (Å²) in [6.07, 6.45) is -13.5. The number of rotatable bonds is 6. The number of nitrogens with one attached hydrogen (secondary N) is 1. The van der Waals surface area contributed by atoms with Gasteiger partial charge >= 0.3 is 0 Å². The highest BCUT2D eigenvalue weighted by molar-refractivity contribution is 5.35. The molecule has 0 spiro atoms. The molecule has 170 valence electrons. The SMILES string of the molecule is OC[C@H]1O[C@@H](O[C@H]2[C@H](O)[C@@H](O)C(O)(Nc3ccccn3)O[C@@H]2CO)[C@H](O)[C@@H](O)[C@H]1O. The van der Waals surface area contributed by atoms with Crippen LogP contribution in [-0.4, -0.2) is 120 Å². The third-order valence-electron chi connectivity index (χ3n) is 5.05. The Kier molecular flexibility index (Phi) is 7.21. The van der Waals surface area contributed by atoms with Crippen LogP contribution in [0.5, 0.6) is 0 Å². The van der Waals surface area contributed by atoms with Crippen LogP contribution in [0.1, 0.15) is 0 Å². The van der Waals surface area contributed by atoms with Crippen LogP contribution in [-0.2, 0) is 14.2 Å². The van der Waals surface area contributed by atoms with Crippen LogP contribution < -0.4 is 5.32 Å². The molecule has 0 radical (unpaired) electrons. The second kappa shape index (κ2) is 9.33. The zero-order valence-electron chi connectivity index (χ0n) is 15.7. The normalized spacial score (nSPS) is 44.6. The number of aromatic nitrogens is 1. The Labute approximate surface area is 170 Å². The van der Waals surface area contributed by atoms with Gasteiger partial charge in [-0.2, -0.15) is 0 Å². The van der Waals surface area contributed by atoms with Crippen molar-refractivity contribution in [1.82, 2.24) is 4.98 Å². The molecule has 1 aromatic rings. The Morgan fingerprint density at radius 3 is 2.27 bits per heavy atom. The Morgan fingerprint density at radius 1 is 0.967 bits per heavy atom. The van der Waals surface area contributed by atoms with E-state index in [0.717, 1.165) is 0 Å². The van der Waals surface area contributed by atoms with Gasteiger partial charge in [0.25, 0.3) is 5.91 Å². The van der Waals surface area contributed by atoms with Crippen LogP contribution in [0, 0.1) is 0 Å². The minimum atomic E-state index is -2.55. The van der Waals surface area contributed by atoms with Crippen molar-refractivity contribution in [3.05, 3.63) is 24.4 Å². The zero-order chi connectivity index (χ0) is 22.1. The largest absolute Gasteiger partial charge is 0.394 e. The van der Waals surface area contributed by atoms with Gasteiger partial charge in [-0.1, -0.05) is 6.07 Å². The Bertz CT molecular complexity index is 681. The van der Waals surface area contributed by atoms with Crippen molar-refractivity contribution in [2.24, 2.45) is 0 Å². The summed E-state index contributed by atoms with van der Waals surface area (Å²) >= 11 is 0. The molecule has 0 amide bonds. The molecule has 13 nitrogen and oxygen atoms in total. The highest BCUT2D eigenvalue weighted by atomic mass is 16.7. The fourth-order valence-corrected chi connectivity index (χ4v) is 3.37. The van der Waals surface area contributed by atoms with E-state index in [1.165, 1.54) is 12.3 Å². The van der Waals surface area contributed by atoms with Gasteiger partial charge in [0.2, 0.25) is 0 Å². The number of hydrogen-bond donors (Lipinski definition) is 9. The minimum Gasteiger partial charge on any atom is -0.394 e. The molecular formula is C17H26N2O11. The van der Waals surface area contributed by atoms with Gasteiger partial charge in [0, 0.05) is 6.20 Å². The van der Waals surface area contributed by atoms with Crippen LogP contribution in [0.15, 0.2) is 24.4 Å². The quantitative estimate of drug-likeness (QED) is 0.193. The monoisotopic (exact) mass is 434 g/mol.